The van der Waals surface area contributed by atoms with Crippen molar-refractivity contribution in [2.75, 3.05) is 29.4 Å². The predicted molar refractivity (Wildman–Crippen MR) is 132 cm³/mol. The fourth-order valence-electron chi connectivity index (χ4n) is 2.98. The summed E-state index contributed by atoms with van der Waals surface area (Å²) in [5.74, 6) is 0.818. The number of rotatable bonds is 10. The van der Waals surface area contributed by atoms with Gasteiger partial charge in [0.05, 0.1) is 25.6 Å². The van der Waals surface area contributed by atoms with Crippen molar-refractivity contribution in [2.45, 2.75) is 26.9 Å². The van der Waals surface area contributed by atoms with Gasteiger partial charge in [0.1, 0.15) is 11.3 Å². The van der Waals surface area contributed by atoms with Gasteiger partial charge in [0, 0.05) is 12.2 Å². The molecule has 0 unspecified atom stereocenters. The molecule has 0 aliphatic rings. The fraction of sp³-hybridized carbons (Fsp3) is 0.333. The van der Waals surface area contributed by atoms with Gasteiger partial charge in [0.15, 0.2) is 11.5 Å². The third kappa shape index (κ3) is 6.64. The Balaban J connectivity index is 1.74. The Hall–Kier alpha value is -2.72. The number of pyridine rings is 1. The zero-order valence-electron chi connectivity index (χ0n) is 18.7. The molecule has 0 atom stereocenters. The molecule has 0 fully saturated rings. The van der Waals surface area contributed by atoms with E-state index in [9.17, 15) is 9.36 Å². The van der Waals surface area contributed by atoms with E-state index in [2.05, 4.69) is 38.4 Å². The van der Waals surface area contributed by atoms with E-state index >= 15 is 0 Å². The highest BCUT2D eigenvalue weighted by atomic mass is 32.1. The van der Waals surface area contributed by atoms with Crippen molar-refractivity contribution in [1.29, 1.82) is 0 Å². The first-order chi connectivity index (χ1) is 15.9. The van der Waals surface area contributed by atoms with Crippen LogP contribution in [0, 0.1) is 0 Å². The maximum Gasteiger partial charge on any atom is 0.335 e. The Morgan fingerprint density at radius 2 is 1.76 bits per heavy atom. The molecule has 0 spiro atoms. The number of fused-ring (bicyclic) bond motifs is 1. The lowest BCUT2D eigenvalue weighted by molar-refractivity contribution is 0.219. The Kier molecular flexibility index (Phi) is 8.62. The molecule has 12 heteroatoms. The molecule has 0 bridgehead atoms. The summed E-state index contributed by atoms with van der Waals surface area (Å²) in [6, 6.07) is 10.4. The standard InChI is InChI=1S/C21H27N6O4PS/c1-4-22-21(28)27(33)19-12-11-17-20(26-19)25-18(13-23-17)24-16-9-7-15(8-10-16)14-32(29,30-5-2)31-6-3/h7-13,33H,4-6,14H2,1-3H3,(H,22,28)(H,24,25,26). The van der Waals surface area contributed by atoms with Crippen LogP contribution in [0.2, 0.25) is 0 Å². The van der Waals surface area contributed by atoms with E-state index in [-0.39, 0.29) is 12.2 Å². The molecule has 1 aromatic carbocycles. The van der Waals surface area contributed by atoms with Gasteiger partial charge in [0.2, 0.25) is 0 Å². The second-order valence-electron chi connectivity index (χ2n) is 6.84. The predicted octanol–water partition coefficient (Wildman–Crippen LogP) is 4.92. The number of nitrogens with zero attached hydrogens (tertiary/aromatic N) is 4. The largest absolute Gasteiger partial charge is 0.339 e. The third-order valence-corrected chi connectivity index (χ3v) is 6.83. The number of carbonyl (C=O) groups excluding carboxylic acids is 1. The fourth-order valence-corrected chi connectivity index (χ4v) is 4.87. The second kappa shape index (κ2) is 11.4. The number of aromatic nitrogens is 3. The molecule has 0 aliphatic heterocycles. The minimum absolute atomic E-state index is 0.198. The summed E-state index contributed by atoms with van der Waals surface area (Å²) in [6.07, 6.45) is 1.79. The Morgan fingerprint density at radius 1 is 1.06 bits per heavy atom. The first kappa shape index (κ1) is 24.9. The molecule has 0 saturated heterocycles. The van der Waals surface area contributed by atoms with Gasteiger partial charge in [-0.1, -0.05) is 24.9 Å². The van der Waals surface area contributed by atoms with E-state index in [1.54, 1.807) is 32.2 Å². The van der Waals surface area contributed by atoms with Crippen LogP contribution in [0.25, 0.3) is 11.2 Å². The second-order valence-corrected chi connectivity index (χ2v) is 9.30. The lowest BCUT2D eigenvalue weighted by atomic mass is 10.2. The Labute approximate surface area is 198 Å². The van der Waals surface area contributed by atoms with Crippen LogP contribution in [-0.4, -0.2) is 40.7 Å². The van der Waals surface area contributed by atoms with Crippen LogP contribution in [0.5, 0.6) is 0 Å². The SMILES string of the molecule is CCNC(=O)N(S)c1ccc2ncc(Nc3ccc(CP(=O)(OCC)OCC)cc3)nc2n1. The van der Waals surface area contributed by atoms with Crippen molar-refractivity contribution >= 4 is 54.9 Å². The molecule has 0 radical (unpaired) electrons. The van der Waals surface area contributed by atoms with Crippen molar-refractivity contribution in [2.24, 2.45) is 0 Å². The van der Waals surface area contributed by atoms with Crippen LogP contribution in [0.1, 0.15) is 26.3 Å². The van der Waals surface area contributed by atoms with E-state index in [1.165, 1.54) is 0 Å². The van der Waals surface area contributed by atoms with Gasteiger partial charge in [0.25, 0.3) is 0 Å². The molecule has 176 valence electrons. The molecular formula is C21H27N6O4PS. The summed E-state index contributed by atoms with van der Waals surface area (Å²) < 4.78 is 24.5. The average molecular weight is 491 g/mol. The van der Waals surface area contributed by atoms with Gasteiger partial charge in [-0.2, -0.15) is 0 Å². The number of anilines is 3. The van der Waals surface area contributed by atoms with Crippen molar-refractivity contribution in [3.8, 4) is 0 Å². The summed E-state index contributed by atoms with van der Waals surface area (Å²) in [5.41, 5.74) is 2.55. The van der Waals surface area contributed by atoms with Gasteiger partial charge in [-0.15, -0.1) is 0 Å². The topological polar surface area (TPSA) is 119 Å². The van der Waals surface area contributed by atoms with Gasteiger partial charge < -0.3 is 19.7 Å². The molecule has 10 nitrogen and oxygen atoms in total. The number of carbonyl (C=O) groups is 1. The number of hydrogen-bond donors (Lipinski definition) is 3. The Morgan fingerprint density at radius 3 is 2.39 bits per heavy atom. The van der Waals surface area contributed by atoms with Crippen molar-refractivity contribution in [3.05, 3.63) is 48.2 Å². The highest BCUT2D eigenvalue weighted by Crippen LogP contribution is 2.51. The highest BCUT2D eigenvalue weighted by molar-refractivity contribution is 7.82. The molecule has 2 aromatic heterocycles. The van der Waals surface area contributed by atoms with Crippen molar-refractivity contribution in [1.82, 2.24) is 20.3 Å². The normalized spacial score (nSPS) is 11.4. The molecule has 3 aromatic rings. The van der Waals surface area contributed by atoms with Crippen LogP contribution in [0.15, 0.2) is 42.6 Å². The molecule has 33 heavy (non-hydrogen) atoms. The minimum Gasteiger partial charge on any atom is -0.339 e. The van der Waals surface area contributed by atoms with E-state index < -0.39 is 7.60 Å². The monoisotopic (exact) mass is 490 g/mol. The number of benzene rings is 1. The van der Waals surface area contributed by atoms with E-state index in [0.717, 1.165) is 15.6 Å². The smallest absolute Gasteiger partial charge is 0.335 e. The van der Waals surface area contributed by atoms with Crippen LogP contribution in [0.3, 0.4) is 0 Å². The molecule has 3 rings (SSSR count). The summed E-state index contributed by atoms with van der Waals surface area (Å²) in [6.45, 7) is 6.51. The number of hydrogen-bond acceptors (Lipinski definition) is 9. The average Bonchev–Trinajstić information content (AvgIpc) is 2.80. The summed E-state index contributed by atoms with van der Waals surface area (Å²) in [5, 5.41) is 5.83. The third-order valence-electron chi connectivity index (χ3n) is 4.38. The molecule has 2 N–H and O–H groups in total. The van der Waals surface area contributed by atoms with Crippen LogP contribution < -0.4 is 14.9 Å². The maximum atomic E-state index is 12.7. The number of thiol groups is 1. The minimum atomic E-state index is -3.16. The first-order valence-electron chi connectivity index (χ1n) is 10.5. The first-order valence-corrected chi connectivity index (χ1v) is 12.6. The summed E-state index contributed by atoms with van der Waals surface area (Å²) >= 11 is 4.20. The lowest BCUT2D eigenvalue weighted by Crippen LogP contribution is -2.34. The van der Waals surface area contributed by atoms with Crippen LogP contribution >= 0.6 is 20.4 Å². The zero-order chi connectivity index (χ0) is 23.8. The van der Waals surface area contributed by atoms with E-state index in [0.29, 0.717) is 42.6 Å². The van der Waals surface area contributed by atoms with Gasteiger partial charge >= 0.3 is 13.6 Å². The number of urea groups is 1. The van der Waals surface area contributed by atoms with Crippen molar-refractivity contribution < 1.29 is 18.4 Å². The number of nitrogens with one attached hydrogen (secondary N) is 2. The van der Waals surface area contributed by atoms with E-state index in [4.69, 9.17) is 9.05 Å². The quantitative estimate of drug-likeness (QED) is 0.271. The molecule has 0 aliphatic carbocycles. The molecule has 2 heterocycles. The van der Waals surface area contributed by atoms with Gasteiger partial charge in [-0.05, 0) is 50.6 Å². The Bertz CT molecular complexity index is 1140. The van der Waals surface area contributed by atoms with Gasteiger partial charge in [-0.25, -0.2) is 24.1 Å². The summed E-state index contributed by atoms with van der Waals surface area (Å²) in [7, 11) is -3.16. The maximum absolute atomic E-state index is 12.7. The molecular weight excluding hydrogens is 463 g/mol. The van der Waals surface area contributed by atoms with Crippen LogP contribution in [0.4, 0.5) is 22.1 Å². The van der Waals surface area contributed by atoms with Gasteiger partial charge in [-0.3, -0.25) is 4.57 Å². The van der Waals surface area contributed by atoms with Crippen LogP contribution in [-0.2, 0) is 19.8 Å². The molecule has 2 amide bonds. The summed E-state index contributed by atoms with van der Waals surface area (Å²) in [4.78, 5) is 25.2. The lowest BCUT2D eigenvalue weighted by Gasteiger charge is -2.17. The van der Waals surface area contributed by atoms with Crippen molar-refractivity contribution in [3.63, 3.8) is 0 Å². The molecule has 0 saturated carbocycles. The van der Waals surface area contributed by atoms with E-state index in [1.807, 2.05) is 31.2 Å². The number of amides is 2. The zero-order valence-corrected chi connectivity index (χ0v) is 20.5. The highest BCUT2D eigenvalue weighted by Gasteiger charge is 2.23.